The van der Waals surface area contributed by atoms with E-state index < -0.39 is 5.60 Å². The average Bonchev–Trinajstić information content (AvgIpc) is 2.53. The SMILES string of the molecule is CCCCC(O)(/C=C/c1ccccc1)c1ccccc1. The molecule has 1 heteroatoms. The minimum atomic E-state index is -0.882. The molecular formula is C19H22O. The minimum absolute atomic E-state index is 0.747. The van der Waals surface area contributed by atoms with Crippen LogP contribution < -0.4 is 0 Å². The van der Waals surface area contributed by atoms with Gasteiger partial charge in [-0.25, -0.2) is 0 Å². The summed E-state index contributed by atoms with van der Waals surface area (Å²) in [5.41, 5.74) is 1.19. The van der Waals surface area contributed by atoms with Gasteiger partial charge in [-0.15, -0.1) is 0 Å². The first kappa shape index (κ1) is 14.5. The molecule has 1 nitrogen and oxygen atoms in total. The van der Waals surface area contributed by atoms with Crippen molar-refractivity contribution in [2.24, 2.45) is 0 Å². The lowest BCUT2D eigenvalue weighted by Gasteiger charge is -2.25. The van der Waals surface area contributed by atoms with Crippen molar-refractivity contribution >= 4 is 6.08 Å². The van der Waals surface area contributed by atoms with E-state index in [2.05, 4.69) is 6.92 Å². The lowest BCUT2D eigenvalue weighted by Crippen LogP contribution is -2.22. The highest BCUT2D eigenvalue weighted by Crippen LogP contribution is 2.29. The van der Waals surface area contributed by atoms with Crippen molar-refractivity contribution in [1.82, 2.24) is 0 Å². The maximum Gasteiger partial charge on any atom is 0.108 e. The maximum atomic E-state index is 11.0. The van der Waals surface area contributed by atoms with Gasteiger partial charge in [-0.2, -0.15) is 0 Å². The molecule has 104 valence electrons. The molecule has 0 fully saturated rings. The van der Waals surface area contributed by atoms with Crippen molar-refractivity contribution in [2.45, 2.75) is 31.8 Å². The van der Waals surface area contributed by atoms with Gasteiger partial charge >= 0.3 is 0 Å². The third-order valence-electron chi connectivity index (χ3n) is 3.54. The zero-order chi connectivity index (χ0) is 14.3. The van der Waals surface area contributed by atoms with E-state index in [1.807, 2.05) is 72.8 Å². The smallest absolute Gasteiger partial charge is 0.108 e. The van der Waals surface area contributed by atoms with Crippen LogP contribution in [0.25, 0.3) is 6.08 Å². The van der Waals surface area contributed by atoms with E-state index in [1.165, 1.54) is 0 Å². The Kier molecular flexibility index (Phi) is 5.14. The second-order valence-corrected chi connectivity index (χ2v) is 5.14. The Morgan fingerprint density at radius 2 is 1.55 bits per heavy atom. The average molecular weight is 266 g/mol. The van der Waals surface area contributed by atoms with Gasteiger partial charge in [0.1, 0.15) is 5.60 Å². The Hall–Kier alpha value is -1.86. The van der Waals surface area contributed by atoms with E-state index in [0.29, 0.717) is 0 Å². The molecule has 0 aliphatic heterocycles. The van der Waals surface area contributed by atoms with Gasteiger partial charge in [0.15, 0.2) is 0 Å². The molecule has 0 radical (unpaired) electrons. The summed E-state index contributed by atoms with van der Waals surface area (Å²) in [4.78, 5) is 0. The lowest BCUT2D eigenvalue weighted by molar-refractivity contribution is 0.0778. The summed E-state index contributed by atoms with van der Waals surface area (Å²) in [5, 5.41) is 11.0. The van der Waals surface area contributed by atoms with Crippen molar-refractivity contribution in [2.75, 3.05) is 0 Å². The van der Waals surface area contributed by atoms with E-state index in [4.69, 9.17) is 0 Å². The molecule has 0 spiro atoms. The molecule has 0 heterocycles. The zero-order valence-electron chi connectivity index (χ0n) is 12.0. The normalized spacial score (nSPS) is 14.3. The summed E-state index contributed by atoms with van der Waals surface area (Å²) in [6.45, 7) is 2.15. The molecule has 0 amide bonds. The number of hydrogen-bond donors (Lipinski definition) is 1. The van der Waals surface area contributed by atoms with Crippen LogP contribution >= 0.6 is 0 Å². The van der Waals surface area contributed by atoms with Crippen LogP contribution in [0, 0.1) is 0 Å². The highest BCUT2D eigenvalue weighted by molar-refractivity contribution is 5.51. The quantitative estimate of drug-likeness (QED) is 0.798. The van der Waals surface area contributed by atoms with Crippen molar-refractivity contribution in [1.29, 1.82) is 0 Å². The minimum Gasteiger partial charge on any atom is -0.381 e. The monoisotopic (exact) mass is 266 g/mol. The lowest BCUT2D eigenvalue weighted by atomic mass is 9.87. The number of hydrogen-bond acceptors (Lipinski definition) is 1. The molecule has 1 N–H and O–H groups in total. The third-order valence-corrected chi connectivity index (χ3v) is 3.54. The predicted octanol–water partition coefficient (Wildman–Crippen LogP) is 4.78. The van der Waals surface area contributed by atoms with Crippen LogP contribution in [0.2, 0.25) is 0 Å². The van der Waals surface area contributed by atoms with Gasteiger partial charge in [0.05, 0.1) is 0 Å². The summed E-state index contributed by atoms with van der Waals surface area (Å²) < 4.78 is 0. The van der Waals surface area contributed by atoms with Gasteiger partial charge in [-0.3, -0.25) is 0 Å². The van der Waals surface area contributed by atoms with Crippen molar-refractivity contribution in [3.63, 3.8) is 0 Å². The van der Waals surface area contributed by atoms with E-state index >= 15 is 0 Å². The second kappa shape index (κ2) is 7.06. The molecule has 0 saturated heterocycles. The standard InChI is InChI=1S/C19H22O/c1-2-3-15-19(20,18-12-8-5-9-13-18)16-14-17-10-6-4-7-11-17/h4-14,16,20H,2-3,15H2,1H3/b16-14+. The molecule has 2 aromatic rings. The van der Waals surface area contributed by atoms with Crippen LogP contribution in [-0.4, -0.2) is 5.11 Å². The van der Waals surface area contributed by atoms with E-state index in [0.717, 1.165) is 30.4 Å². The van der Waals surface area contributed by atoms with Gasteiger partial charge in [0.2, 0.25) is 0 Å². The molecule has 20 heavy (non-hydrogen) atoms. The predicted molar refractivity (Wildman–Crippen MR) is 85.3 cm³/mol. The van der Waals surface area contributed by atoms with Crippen LogP contribution in [-0.2, 0) is 5.60 Å². The molecule has 1 unspecified atom stereocenters. The Bertz CT molecular complexity index is 530. The summed E-state index contributed by atoms with van der Waals surface area (Å²) in [6.07, 6.45) is 6.76. The van der Waals surface area contributed by atoms with E-state index in [1.54, 1.807) is 0 Å². The van der Waals surface area contributed by atoms with Gasteiger partial charge in [-0.1, -0.05) is 86.5 Å². The zero-order valence-corrected chi connectivity index (χ0v) is 12.0. The first-order chi connectivity index (χ1) is 9.74. The summed E-state index contributed by atoms with van der Waals surface area (Å²) in [6, 6.07) is 20.0. The fourth-order valence-electron chi connectivity index (χ4n) is 2.30. The summed E-state index contributed by atoms with van der Waals surface area (Å²) >= 11 is 0. The Morgan fingerprint density at radius 1 is 0.950 bits per heavy atom. The summed E-state index contributed by atoms with van der Waals surface area (Å²) in [5.74, 6) is 0. The number of aliphatic hydroxyl groups is 1. The van der Waals surface area contributed by atoms with Gasteiger partial charge in [0.25, 0.3) is 0 Å². The van der Waals surface area contributed by atoms with Crippen molar-refractivity contribution in [3.8, 4) is 0 Å². The molecule has 0 aromatic heterocycles. The Labute approximate surface area is 121 Å². The number of rotatable bonds is 6. The molecule has 0 aliphatic rings. The Morgan fingerprint density at radius 3 is 2.15 bits per heavy atom. The van der Waals surface area contributed by atoms with E-state index in [9.17, 15) is 5.11 Å². The van der Waals surface area contributed by atoms with Gasteiger partial charge < -0.3 is 5.11 Å². The maximum absolute atomic E-state index is 11.0. The molecule has 0 bridgehead atoms. The molecular weight excluding hydrogens is 244 g/mol. The van der Waals surface area contributed by atoms with E-state index in [-0.39, 0.29) is 0 Å². The first-order valence-corrected chi connectivity index (χ1v) is 7.27. The highest BCUT2D eigenvalue weighted by atomic mass is 16.3. The summed E-state index contributed by atoms with van der Waals surface area (Å²) in [7, 11) is 0. The Balaban J connectivity index is 2.25. The van der Waals surface area contributed by atoms with Gasteiger partial charge in [0, 0.05) is 0 Å². The van der Waals surface area contributed by atoms with Crippen molar-refractivity contribution < 1.29 is 5.11 Å². The molecule has 1 atom stereocenters. The molecule has 0 aliphatic carbocycles. The largest absolute Gasteiger partial charge is 0.381 e. The third kappa shape index (κ3) is 3.82. The molecule has 0 saturated carbocycles. The fraction of sp³-hybridized carbons (Fsp3) is 0.263. The highest BCUT2D eigenvalue weighted by Gasteiger charge is 2.24. The van der Waals surface area contributed by atoms with Crippen LogP contribution in [0.15, 0.2) is 66.7 Å². The number of benzene rings is 2. The molecule has 2 rings (SSSR count). The fourth-order valence-corrected chi connectivity index (χ4v) is 2.30. The second-order valence-electron chi connectivity index (χ2n) is 5.14. The van der Waals surface area contributed by atoms with Crippen LogP contribution in [0.3, 0.4) is 0 Å². The number of unbranched alkanes of at least 4 members (excludes halogenated alkanes) is 1. The van der Waals surface area contributed by atoms with Crippen LogP contribution in [0.1, 0.15) is 37.3 Å². The van der Waals surface area contributed by atoms with Crippen LogP contribution in [0.4, 0.5) is 0 Å². The topological polar surface area (TPSA) is 20.2 Å². The first-order valence-electron chi connectivity index (χ1n) is 7.27. The van der Waals surface area contributed by atoms with Crippen LogP contribution in [0.5, 0.6) is 0 Å². The molecule has 2 aromatic carbocycles. The van der Waals surface area contributed by atoms with Crippen molar-refractivity contribution in [3.05, 3.63) is 77.9 Å². The van der Waals surface area contributed by atoms with Gasteiger partial charge in [-0.05, 0) is 23.6 Å².